The van der Waals surface area contributed by atoms with Crippen molar-refractivity contribution in [3.05, 3.63) is 17.0 Å². The molecule has 2 heterocycles. The fourth-order valence-electron chi connectivity index (χ4n) is 4.15. The molecule has 0 atom stereocenters. The highest BCUT2D eigenvalue weighted by Crippen LogP contribution is 2.32. The maximum absolute atomic E-state index is 12.8. The summed E-state index contributed by atoms with van der Waals surface area (Å²) in [5.74, 6) is 2.44. The predicted octanol–water partition coefficient (Wildman–Crippen LogP) is 3.52. The molecular weight excluding hydrogens is 394 g/mol. The van der Waals surface area contributed by atoms with E-state index in [2.05, 4.69) is 20.4 Å². The molecule has 31 heavy (non-hydrogen) atoms. The Morgan fingerprint density at radius 1 is 1.26 bits per heavy atom. The molecule has 1 aromatic heterocycles. The molecule has 0 spiro atoms. The lowest BCUT2D eigenvalue weighted by atomic mass is 10.0. The molecule has 1 saturated carbocycles. The zero-order valence-corrected chi connectivity index (χ0v) is 20.0. The lowest BCUT2D eigenvalue weighted by Crippen LogP contribution is -2.52. The van der Waals surface area contributed by atoms with Crippen molar-refractivity contribution in [2.45, 2.75) is 78.4 Å². The van der Waals surface area contributed by atoms with Crippen molar-refractivity contribution in [1.29, 1.82) is 0 Å². The van der Waals surface area contributed by atoms with E-state index in [4.69, 9.17) is 9.26 Å². The summed E-state index contributed by atoms with van der Waals surface area (Å²) in [5.41, 5.74) is 1.65. The van der Waals surface area contributed by atoms with Crippen molar-refractivity contribution in [3.63, 3.8) is 0 Å². The van der Waals surface area contributed by atoms with E-state index in [1.807, 2.05) is 46.6 Å². The van der Waals surface area contributed by atoms with Crippen LogP contribution in [0, 0.1) is 19.8 Å². The molecule has 174 valence electrons. The topological polar surface area (TPSA) is 83.2 Å². The van der Waals surface area contributed by atoms with E-state index in [9.17, 15) is 4.79 Å². The van der Waals surface area contributed by atoms with Crippen LogP contribution in [0.2, 0.25) is 0 Å². The molecule has 1 aliphatic heterocycles. The normalized spacial score (nSPS) is 18.3. The van der Waals surface area contributed by atoms with Gasteiger partial charge in [-0.1, -0.05) is 5.16 Å². The molecule has 1 aromatic rings. The van der Waals surface area contributed by atoms with Gasteiger partial charge in [-0.05, 0) is 72.6 Å². The molecule has 8 heteroatoms. The largest absolute Gasteiger partial charge is 0.444 e. The number of hydrogen-bond acceptors (Lipinski definition) is 5. The molecule has 1 aliphatic carbocycles. The number of aryl methyl sites for hydroxylation is 2. The number of guanidine groups is 1. The lowest BCUT2D eigenvalue weighted by Gasteiger charge is -2.40. The van der Waals surface area contributed by atoms with Crippen LogP contribution in [0.4, 0.5) is 4.79 Å². The Labute approximate surface area is 186 Å². The van der Waals surface area contributed by atoms with Gasteiger partial charge < -0.3 is 24.4 Å². The first-order chi connectivity index (χ1) is 14.7. The van der Waals surface area contributed by atoms with Gasteiger partial charge >= 0.3 is 6.09 Å². The van der Waals surface area contributed by atoms with E-state index in [-0.39, 0.29) is 12.1 Å². The van der Waals surface area contributed by atoms with Crippen molar-refractivity contribution >= 4 is 12.1 Å². The smallest absolute Gasteiger partial charge is 0.410 e. The van der Waals surface area contributed by atoms with Crippen LogP contribution >= 0.6 is 0 Å². The highest BCUT2D eigenvalue weighted by atomic mass is 16.6. The lowest BCUT2D eigenvalue weighted by molar-refractivity contribution is 0.00928. The second-order valence-corrected chi connectivity index (χ2v) is 9.82. The average molecular weight is 434 g/mol. The van der Waals surface area contributed by atoms with Gasteiger partial charge in [0.15, 0.2) is 5.96 Å². The maximum atomic E-state index is 12.8. The van der Waals surface area contributed by atoms with Crippen LogP contribution in [0.15, 0.2) is 9.52 Å². The van der Waals surface area contributed by atoms with E-state index in [1.165, 1.54) is 12.8 Å². The Balaban J connectivity index is 1.51. The fraction of sp³-hybridized carbons (Fsp3) is 0.783. The van der Waals surface area contributed by atoms with Crippen molar-refractivity contribution in [1.82, 2.24) is 20.3 Å². The molecule has 1 N–H and O–H groups in total. The number of nitrogens with one attached hydrogen (secondary N) is 1. The van der Waals surface area contributed by atoms with Crippen LogP contribution in [0.5, 0.6) is 0 Å². The summed E-state index contributed by atoms with van der Waals surface area (Å²) in [7, 11) is 1.82. The third-order valence-corrected chi connectivity index (χ3v) is 6.04. The quantitative estimate of drug-likeness (QED) is 0.546. The van der Waals surface area contributed by atoms with Gasteiger partial charge in [0.2, 0.25) is 0 Å². The number of aliphatic imine (C=N–C) groups is 1. The van der Waals surface area contributed by atoms with Gasteiger partial charge in [-0.3, -0.25) is 4.99 Å². The third-order valence-electron chi connectivity index (χ3n) is 6.04. The summed E-state index contributed by atoms with van der Waals surface area (Å²) in [6.45, 7) is 13.1. The molecule has 2 fully saturated rings. The first kappa shape index (κ1) is 23.4. The van der Waals surface area contributed by atoms with Crippen molar-refractivity contribution in [3.8, 4) is 0 Å². The Hall–Kier alpha value is -2.25. The summed E-state index contributed by atoms with van der Waals surface area (Å²) in [6, 6.07) is 0.229. The van der Waals surface area contributed by atoms with Crippen LogP contribution in [-0.4, -0.2) is 71.9 Å². The first-order valence-electron chi connectivity index (χ1n) is 11.5. The van der Waals surface area contributed by atoms with Crippen molar-refractivity contribution in [2.24, 2.45) is 10.9 Å². The minimum Gasteiger partial charge on any atom is -0.444 e. The fourth-order valence-corrected chi connectivity index (χ4v) is 4.15. The number of rotatable bonds is 6. The van der Waals surface area contributed by atoms with Gasteiger partial charge in [0.05, 0.1) is 5.69 Å². The Morgan fingerprint density at radius 3 is 2.45 bits per heavy atom. The van der Waals surface area contributed by atoms with Crippen LogP contribution in [0.1, 0.15) is 63.5 Å². The summed E-state index contributed by atoms with van der Waals surface area (Å²) in [5, 5.41) is 7.50. The van der Waals surface area contributed by atoms with Crippen molar-refractivity contribution in [2.75, 3.05) is 33.2 Å². The summed E-state index contributed by atoms with van der Waals surface area (Å²) in [6.07, 6.45) is 4.98. The standard InChI is InChI=1S/C23H39N5O3/c1-16-20(17(2)31-26-16)9-12-25-21(24-6)27-13-10-19(11-14-27)28(15-18-7-8-18)22(29)30-23(3,4)5/h18-19H,7-15H2,1-6H3,(H,24,25). The molecule has 3 rings (SSSR count). The number of amides is 1. The van der Waals surface area contributed by atoms with Gasteiger partial charge in [0.1, 0.15) is 11.4 Å². The Kier molecular flexibility index (Phi) is 7.49. The molecule has 0 unspecified atom stereocenters. The van der Waals surface area contributed by atoms with E-state index >= 15 is 0 Å². The van der Waals surface area contributed by atoms with Crippen LogP contribution in [0.3, 0.4) is 0 Å². The van der Waals surface area contributed by atoms with Gasteiger partial charge in [-0.15, -0.1) is 0 Å². The zero-order chi connectivity index (χ0) is 22.6. The van der Waals surface area contributed by atoms with Gasteiger partial charge in [-0.2, -0.15) is 0 Å². The Bertz CT molecular complexity index is 751. The van der Waals surface area contributed by atoms with E-state index in [1.54, 1.807) is 0 Å². The number of likely N-dealkylation sites (tertiary alicyclic amines) is 1. The van der Waals surface area contributed by atoms with E-state index in [0.29, 0.717) is 5.92 Å². The highest BCUT2D eigenvalue weighted by molar-refractivity contribution is 5.80. The molecule has 2 aliphatic rings. The third kappa shape index (κ3) is 6.61. The average Bonchev–Trinajstić information content (AvgIpc) is 3.48. The first-order valence-corrected chi connectivity index (χ1v) is 11.5. The molecule has 0 bridgehead atoms. The molecule has 1 amide bonds. The number of carbonyl (C=O) groups is 1. The SMILES string of the molecule is CN=C(NCCc1c(C)noc1C)N1CCC(N(CC2CC2)C(=O)OC(C)(C)C)CC1. The number of aromatic nitrogens is 1. The van der Waals surface area contributed by atoms with E-state index in [0.717, 1.165) is 68.4 Å². The number of hydrogen-bond donors (Lipinski definition) is 1. The predicted molar refractivity (Wildman–Crippen MR) is 121 cm³/mol. The monoisotopic (exact) mass is 433 g/mol. The Morgan fingerprint density at radius 2 is 1.94 bits per heavy atom. The summed E-state index contributed by atoms with van der Waals surface area (Å²) < 4.78 is 11.0. The molecule has 8 nitrogen and oxygen atoms in total. The van der Waals surface area contributed by atoms with Crippen LogP contribution in [0.25, 0.3) is 0 Å². The van der Waals surface area contributed by atoms with E-state index < -0.39 is 5.60 Å². The number of piperidine rings is 1. The number of carbonyl (C=O) groups excluding carboxylic acids is 1. The van der Waals surface area contributed by atoms with Crippen LogP contribution in [-0.2, 0) is 11.2 Å². The molecule has 0 aromatic carbocycles. The number of nitrogens with zero attached hydrogens (tertiary/aromatic N) is 4. The second-order valence-electron chi connectivity index (χ2n) is 9.82. The summed E-state index contributed by atoms with van der Waals surface area (Å²) >= 11 is 0. The number of ether oxygens (including phenoxy) is 1. The molecule has 0 radical (unpaired) electrons. The minimum atomic E-state index is -0.466. The maximum Gasteiger partial charge on any atom is 0.410 e. The summed E-state index contributed by atoms with van der Waals surface area (Å²) in [4.78, 5) is 21.6. The van der Waals surface area contributed by atoms with Gasteiger partial charge in [0, 0.05) is 44.8 Å². The van der Waals surface area contributed by atoms with Gasteiger partial charge in [0.25, 0.3) is 0 Å². The minimum absolute atomic E-state index is 0.167. The van der Waals surface area contributed by atoms with Gasteiger partial charge in [-0.25, -0.2) is 4.79 Å². The zero-order valence-electron chi connectivity index (χ0n) is 20.0. The second kappa shape index (κ2) is 9.92. The van der Waals surface area contributed by atoms with Crippen molar-refractivity contribution < 1.29 is 14.1 Å². The molecular formula is C23H39N5O3. The van der Waals surface area contributed by atoms with Crippen LogP contribution < -0.4 is 5.32 Å². The highest BCUT2D eigenvalue weighted by Gasteiger charge is 2.35. The molecule has 1 saturated heterocycles.